The number of rotatable bonds is 7. The summed E-state index contributed by atoms with van der Waals surface area (Å²) in [6.45, 7) is 5.72. The fourth-order valence-corrected chi connectivity index (χ4v) is 2.56. The van der Waals surface area contributed by atoms with Crippen molar-refractivity contribution in [3.8, 4) is 0 Å². The third-order valence-corrected chi connectivity index (χ3v) is 4.89. The van der Waals surface area contributed by atoms with Crippen molar-refractivity contribution in [1.82, 2.24) is 0 Å². The van der Waals surface area contributed by atoms with Gasteiger partial charge < -0.3 is 9.47 Å². The molecule has 0 saturated carbocycles. The van der Waals surface area contributed by atoms with E-state index >= 15 is 0 Å². The van der Waals surface area contributed by atoms with Crippen LogP contribution in [-0.2, 0) is 9.47 Å². The Labute approximate surface area is 150 Å². The van der Waals surface area contributed by atoms with Crippen molar-refractivity contribution in [3.05, 3.63) is 35.4 Å². The van der Waals surface area contributed by atoms with E-state index in [1.54, 1.807) is 45.0 Å². The lowest BCUT2D eigenvalue weighted by Gasteiger charge is -2.09. The van der Waals surface area contributed by atoms with E-state index in [0.717, 1.165) is 0 Å². The van der Waals surface area contributed by atoms with E-state index in [9.17, 15) is 18.4 Å². The van der Waals surface area contributed by atoms with Crippen molar-refractivity contribution < 1.29 is 27.8 Å². The molecule has 0 N–H and O–H groups in total. The number of halogens is 3. The van der Waals surface area contributed by atoms with Crippen LogP contribution in [0, 0.1) is 0 Å². The molecule has 4 nitrogen and oxygen atoms in total. The molecule has 1 atom stereocenters. The number of hydrogen-bond donors (Lipinski definition) is 0. The second-order valence-electron chi connectivity index (χ2n) is 4.54. The maximum Gasteiger partial charge on any atom is 0.338 e. The zero-order chi connectivity index (χ0) is 18.6. The molecule has 1 rings (SSSR count). The van der Waals surface area contributed by atoms with Crippen LogP contribution in [0.2, 0.25) is 0 Å². The summed E-state index contributed by atoms with van der Waals surface area (Å²) in [6, 6.07) is 6.44. The van der Waals surface area contributed by atoms with Gasteiger partial charge in [0.1, 0.15) is 0 Å². The third kappa shape index (κ3) is 8.69. The molecule has 0 aromatic heterocycles. The largest absolute Gasteiger partial charge is 0.462 e. The lowest BCUT2D eigenvalue weighted by atomic mass is 10.1. The number of carbonyl (C=O) groups excluding carboxylic acids is 2. The monoisotopic (exact) mass is 426 g/mol. The van der Waals surface area contributed by atoms with Gasteiger partial charge in [-0.2, -0.15) is 0 Å². The highest BCUT2D eigenvalue weighted by Crippen LogP contribution is 2.43. The Balaban J connectivity index is 0.000000561. The van der Waals surface area contributed by atoms with Crippen LogP contribution in [0.1, 0.15) is 54.3 Å². The molecule has 0 amide bonds. The molecule has 24 heavy (non-hydrogen) atoms. The first-order chi connectivity index (χ1) is 11.3. The Morgan fingerprint density at radius 3 is 1.71 bits per heavy atom. The Morgan fingerprint density at radius 2 is 1.46 bits per heavy atom. The van der Waals surface area contributed by atoms with Gasteiger partial charge in [0, 0.05) is 13.7 Å². The number of carbonyl (C=O) groups is 2. The van der Waals surface area contributed by atoms with Gasteiger partial charge >= 0.3 is 11.9 Å². The topological polar surface area (TPSA) is 52.6 Å². The first-order valence-corrected chi connectivity index (χ1v) is 10.8. The second kappa shape index (κ2) is 12.3. The van der Waals surface area contributed by atoms with Crippen LogP contribution in [-0.4, -0.2) is 30.8 Å². The highest BCUT2D eigenvalue weighted by atomic mass is 79.9. The molecule has 1 aromatic rings. The van der Waals surface area contributed by atoms with E-state index in [0.29, 0.717) is 6.42 Å². The van der Waals surface area contributed by atoms with Crippen LogP contribution in [0.4, 0.5) is 8.78 Å². The quantitative estimate of drug-likeness (QED) is 0.432. The SMILES string of the molecule is CCCC(F)(F)PBr.CCOC(=O)c1ccccc1C(=O)OCC. The maximum atomic E-state index is 12.1. The summed E-state index contributed by atoms with van der Waals surface area (Å²) in [7, 11) is -0.430. The number of esters is 2. The molecule has 0 bridgehead atoms. The minimum atomic E-state index is -2.46. The summed E-state index contributed by atoms with van der Waals surface area (Å²) in [4.78, 5) is 23.1. The van der Waals surface area contributed by atoms with Crippen LogP contribution in [0.5, 0.6) is 0 Å². The van der Waals surface area contributed by atoms with Gasteiger partial charge in [-0.05, 0) is 26.0 Å². The first-order valence-electron chi connectivity index (χ1n) is 7.51. The second-order valence-corrected chi connectivity index (χ2v) is 6.65. The summed E-state index contributed by atoms with van der Waals surface area (Å²) in [6.07, 6.45) is 0.544. The summed E-state index contributed by atoms with van der Waals surface area (Å²) in [5, 5.41) is 0. The molecule has 0 heterocycles. The van der Waals surface area contributed by atoms with Crippen molar-refractivity contribution in [3.63, 3.8) is 0 Å². The molecule has 0 fully saturated rings. The van der Waals surface area contributed by atoms with Crippen LogP contribution >= 0.6 is 22.8 Å². The third-order valence-electron chi connectivity index (χ3n) is 2.62. The molecule has 0 aliphatic rings. The Morgan fingerprint density at radius 1 is 1.04 bits per heavy atom. The minimum absolute atomic E-state index is 0.00328. The van der Waals surface area contributed by atoms with Crippen molar-refractivity contribution in [1.29, 1.82) is 0 Å². The molecule has 8 heteroatoms. The summed E-state index contributed by atoms with van der Waals surface area (Å²) >= 11 is 2.75. The van der Waals surface area contributed by atoms with Crippen molar-refractivity contribution in [2.45, 2.75) is 39.3 Å². The van der Waals surface area contributed by atoms with E-state index in [1.165, 1.54) is 0 Å². The van der Waals surface area contributed by atoms with Crippen LogP contribution in [0.25, 0.3) is 0 Å². The Hall–Kier alpha value is -1.07. The van der Waals surface area contributed by atoms with Gasteiger partial charge in [0.15, 0.2) is 0 Å². The van der Waals surface area contributed by atoms with Gasteiger partial charge in [-0.3, -0.25) is 0 Å². The molecule has 0 aliphatic heterocycles. The van der Waals surface area contributed by atoms with Gasteiger partial charge in [0.25, 0.3) is 5.66 Å². The Bertz CT molecular complexity index is 490. The van der Waals surface area contributed by atoms with Crippen LogP contribution < -0.4 is 0 Å². The van der Waals surface area contributed by atoms with Crippen molar-refractivity contribution in [2.75, 3.05) is 13.2 Å². The highest BCUT2D eigenvalue weighted by Gasteiger charge is 2.25. The number of alkyl halides is 2. The maximum absolute atomic E-state index is 12.1. The molecule has 0 aliphatic carbocycles. The van der Waals surface area contributed by atoms with Crippen LogP contribution in [0.3, 0.4) is 0 Å². The molecule has 0 radical (unpaired) electrons. The first kappa shape index (κ1) is 22.9. The fraction of sp³-hybridized carbons (Fsp3) is 0.500. The molecule has 1 unspecified atom stereocenters. The molecular formula is C16H22BrF2O4P. The van der Waals surface area contributed by atoms with Gasteiger partial charge in [0.05, 0.1) is 24.3 Å². The molecular weight excluding hydrogens is 405 g/mol. The molecule has 1 aromatic carbocycles. The smallest absolute Gasteiger partial charge is 0.338 e. The summed E-state index contributed by atoms with van der Waals surface area (Å²) in [5.41, 5.74) is -1.99. The number of ether oxygens (including phenoxy) is 2. The summed E-state index contributed by atoms with van der Waals surface area (Å²) < 4.78 is 33.9. The average molecular weight is 427 g/mol. The van der Waals surface area contributed by atoms with Gasteiger partial charge in [-0.25, -0.2) is 18.4 Å². The zero-order valence-electron chi connectivity index (χ0n) is 13.9. The van der Waals surface area contributed by atoms with Gasteiger partial charge in [-0.15, -0.1) is 0 Å². The fourth-order valence-electron chi connectivity index (χ4n) is 1.62. The van der Waals surface area contributed by atoms with Gasteiger partial charge in [0.2, 0.25) is 0 Å². The lowest BCUT2D eigenvalue weighted by molar-refractivity contribution is 0.0479. The molecule has 0 spiro atoms. The van der Waals surface area contributed by atoms with E-state index < -0.39 is 24.9 Å². The van der Waals surface area contributed by atoms with Crippen LogP contribution in [0.15, 0.2) is 24.3 Å². The van der Waals surface area contributed by atoms with E-state index in [4.69, 9.17) is 9.47 Å². The molecule has 0 saturated heterocycles. The standard InChI is InChI=1S/C12H14O4.C4H8BrF2P/c1-3-15-11(13)9-7-5-6-8-10(9)12(14)16-4-2;1-2-3-4(6,7)8-5/h5-8H,3-4H2,1-2H3;8H,2-3H2,1H3. The summed E-state index contributed by atoms with van der Waals surface area (Å²) in [5.74, 6) is -1.02. The highest BCUT2D eigenvalue weighted by molar-refractivity contribution is 9.36. The lowest BCUT2D eigenvalue weighted by Crippen LogP contribution is -2.13. The average Bonchev–Trinajstić information content (AvgIpc) is 2.56. The van der Waals surface area contributed by atoms with E-state index in [1.807, 2.05) is 0 Å². The predicted molar refractivity (Wildman–Crippen MR) is 95.5 cm³/mol. The van der Waals surface area contributed by atoms with E-state index in [2.05, 4.69) is 15.5 Å². The number of benzene rings is 1. The zero-order valence-corrected chi connectivity index (χ0v) is 16.5. The Kier molecular flexibility index (Phi) is 11.8. The number of hydrogen-bond acceptors (Lipinski definition) is 4. The van der Waals surface area contributed by atoms with Gasteiger partial charge in [-0.1, -0.05) is 41.0 Å². The minimum Gasteiger partial charge on any atom is -0.462 e. The molecule has 136 valence electrons. The normalized spacial score (nSPS) is 10.9. The van der Waals surface area contributed by atoms with E-state index in [-0.39, 0.29) is 30.8 Å². The predicted octanol–water partition coefficient (Wildman–Crippen LogP) is 5.41. The van der Waals surface area contributed by atoms with Crippen molar-refractivity contribution in [2.24, 2.45) is 0 Å². The van der Waals surface area contributed by atoms with Crippen molar-refractivity contribution >= 4 is 34.7 Å².